The molecule has 0 aliphatic carbocycles. The number of halogens is 1. The van der Waals surface area contributed by atoms with Crippen molar-refractivity contribution in [2.45, 2.75) is 12.7 Å². The zero-order valence-electron chi connectivity index (χ0n) is 9.24. The number of hydrogen-bond acceptors (Lipinski definition) is 3. The molecule has 0 bridgehead atoms. The summed E-state index contributed by atoms with van der Waals surface area (Å²) in [5, 5.41) is 8.86. The lowest BCUT2D eigenvalue weighted by molar-refractivity contribution is 0.626. The molecule has 0 saturated heterocycles. The van der Waals surface area contributed by atoms with Crippen molar-refractivity contribution in [3.63, 3.8) is 0 Å². The van der Waals surface area contributed by atoms with Gasteiger partial charge in [0.25, 0.3) is 0 Å². The number of nitrogens with zero attached hydrogens (tertiary/aromatic N) is 1. The second-order valence-corrected chi connectivity index (χ2v) is 4.80. The number of nitriles is 1. The minimum absolute atomic E-state index is 0.290. The van der Waals surface area contributed by atoms with E-state index in [9.17, 15) is 4.39 Å². The van der Waals surface area contributed by atoms with Gasteiger partial charge in [-0.2, -0.15) is 17.0 Å². The molecular weight excluding hydrogens is 223 g/mol. The lowest BCUT2D eigenvalue weighted by Crippen LogP contribution is -2.12. The number of thioether (sulfide) groups is 1. The maximum Gasteiger partial charge on any atom is 0.123 e. The van der Waals surface area contributed by atoms with Crippen molar-refractivity contribution in [2.75, 3.05) is 12.3 Å². The highest BCUT2D eigenvalue weighted by molar-refractivity contribution is 7.98. The van der Waals surface area contributed by atoms with Gasteiger partial charge < -0.3 is 5.73 Å². The Morgan fingerprint density at radius 2 is 2.31 bits per heavy atom. The fourth-order valence-electron chi connectivity index (χ4n) is 1.23. The van der Waals surface area contributed by atoms with Gasteiger partial charge >= 0.3 is 0 Å². The van der Waals surface area contributed by atoms with Crippen LogP contribution in [0.3, 0.4) is 0 Å². The third kappa shape index (κ3) is 3.84. The van der Waals surface area contributed by atoms with Crippen LogP contribution in [0.25, 0.3) is 0 Å². The van der Waals surface area contributed by atoms with Crippen molar-refractivity contribution in [2.24, 2.45) is 11.7 Å². The fraction of sp³-hybridized carbons (Fsp3) is 0.417. The summed E-state index contributed by atoms with van der Waals surface area (Å²) in [5.74, 6) is 1.74. The Balaban J connectivity index is 2.59. The first-order valence-electron chi connectivity index (χ1n) is 5.13. The Bertz CT molecular complexity index is 387. The van der Waals surface area contributed by atoms with Gasteiger partial charge in [-0.15, -0.1) is 0 Å². The first kappa shape index (κ1) is 13.0. The monoisotopic (exact) mass is 238 g/mol. The van der Waals surface area contributed by atoms with E-state index in [4.69, 9.17) is 11.0 Å². The molecule has 0 saturated carbocycles. The lowest BCUT2D eigenvalue weighted by atomic mass is 10.1. The maximum absolute atomic E-state index is 13.0. The fourth-order valence-corrected chi connectivity index (χ4v) is 2.34. The van der Waals surface area contributed by atoms with E-state index in [1.165, 1.54) is 18.2 Å². The third-order valence-corrected chi connectivity index (χ3v) is 3.57. The summed E-state index contributed by atoms with van der Waals surface area (Å²) < 4.78 is 13.0. The summed E-state index contributed by atoms with van der Waals surface area (Å²) in [4.78, 5) is 0. The van der Waals surface area contributed by atoms with Gasteiger partial charge in [-0.05, 0) is 42.0 Å². The van der Waals surface area contributed by atoms with Crippen molar-refractivity contribution in [3.8, 4) is 6.07 Å². The minimum atomic E-state index is -0.290. The van der Waals surface area contributed by atoms with E-state index in [1.807, 2.05) is 0 Å². The quantitative estimate of drug-likeness (QED) is 0.857. The topological polar surface area (TPSA) is 49.8 Å². The van der Waals surface area contributed by atoms with Crippen molar-refractivity contribution in [1.82, 2.24) is 0 Å². The van der Waals surface area contributed by atoms with Gasteiger partial charge in [0, 0.05) is 5.75 Å². The summed E-state index contributed by atoms with van der Waals surface area (Å²) in [6.45, 7) is 2.73. The largest absolute Gasteiger partial charge is 0.330 e. The highest BCUT2D eigenvalue weighted by Crippen LogP contribution is 2.19. The molecule has 16 heavy (non-hydrogen) atoms. The number of rotatable bonds is 5. The van der Waals surface area contributed by atoms with E-state index in [0.29, 0.717) is 23.8 Å². The van der Waals surface area contributed by atoms with Crippen LogP contribution in [0.4, 0.5) is 4.39 Å². The molecular formula is C12H15FN2S. The Hall–Kier alpha value is -1.05. The molecule has 1 atom stereocenters. The lowest BCUT2D eigenvalue weighted by Gasteiger charge is -2.08. The molecule has 0 fully saturated rings. The van der Waals surface area contributed by atoms with Gasteiger partial charge in [0.15, 0.2) is 0 Å². The molecule has 0 spiro atoms. The molecule has 2 N–H and O–H groups in total. The Kier molecular flexibility index (Phi) is 5.30. The molecule has 1 rings (SSSR count). The molecule has 0 aromatic heterocycles. The molecule has 1 aromatic carbocycles. The van der Waals surface area contributed by atoms with Crippen molar-refractivity contribution in [3.05, 3.63) is 35.1 Å². The summed E-state index contributed by atoms with van der Waals surface area (Å²) in [6, 6.07) is 6.34. The predicted molar refractivity (Wildman–Crippen MR) is 65.5 cm³/mol. The van der Waals surface area contributed by atoms with E-state index in [-0.39, 0.29) is 5.82 Å². The molecule has 0 aliphatic heterocycles. The van der Waals surface area contributed by atoms with E-state index in [1.54, 1.807) is 11.8 Å². The minimum Gasteiger partial charge on any atom is -0.330 e. The summed E-state index contributed by atoms with van der Waals surface area (Å²) in [5.41, 5.74) is 6.82. The van der Waals surface area contributed by atoms with Crippen LogP contribution in [-0.4, -0.2) is 12.3 Å². The molecule has 0 aliphatic rings. The van der Waals surface area contributed by atoms with Crippen LogP contribution in [0.5, 0.6) is 0 Å². The standard InChI is InChI=1S/C12H15FN2S/c1-9(5-14)7-16-8-11-4-12(13)3-2-10(11)6-15/h2-4,9H,5,7-8,14H2,1H3. The van der Waals surface area contributed by atoms with Gasteiger partial charge in [0.2, 0.25) is 0 Å². The highest BCUT2D eigenvalue weighted by atomic mass is 32.2. The summed E-state index contributed by atoms with van der Waals surface area (Å²) in [6.07, 6.45) is 0. The Morgan fingerprint density at radius 1 is 1.56 bits per heavy atom. The van der Waals surface area contributed by atoms with Crippen LogP contribution in [0, 0.1) is 23.1 Å². The molecule has 86 valence electrons. The van der Waals surface area contributed by atoms with Gasteiger partial charge in [0.1, 0.15) is 5.82 Å². The predicted octanol–water partition coefficient (Wildman–Crippen LogP) is 2.53. The second-order valence-electron chi connectivity index (χ2n) is 3.77. The summed E-state index contributed by atoms with van der Waals surface area (Å²) in [7, 11) is 0. The second kappa shape index (κ2) is 6.51. The molecule has 0 heterocycles. The van der Waals surface area contributed by atoms with Crippen LogP contribution in [0.2, 0.25) is 0 Å². The first-order valence-corrected chi connectivity index (χ1v) is 6.29. The van der Waals surface area contributed by atoms with Crippen molar-refractivity contribution < 1.29 is 4.39 Å². The van der Waals surface area contributed by atoms with Gasteiger partial charge in [-0.25, -0.2) is 4.39 Å². The van der Waals surface area contributed by atoms with E-state index in [2.05, 4.69) is 13.0 Å². The molecule has 0 radical (unpaired) electrons. The highest BCUT2D eigenvalue weighted by Gasteiger charge is 2.05. The molecule has 0 amide bonds. The van der Waals surface area contributed by atoms with Gasteiger partial charge in [-0.3, -0.25) is 0 Å². The number of nitrogens with two attached hydrogens (primary N) is 1. The van der Waals surface area contributed by atoms with Crippen LogP contribution in [0.1, 0.15) is 18.1 Å². The first-order chi connectivity index (χ1) is 7.67. The smallest absolute Gasteiger partial charge is 0.123 e. The molecule has 1 aromatic rings. The van der Waals surface area contributed by atoms with Crippen molar-refractivity contribution in [1.29, 1.82) is 5.26 Å². The van der Waals surface area contributed by atoms with E-state index < -0.39 is 0 Å². The van der Waals surface area contributed by atoms with Crippen LogP contribution < -0.4 is 5.73 Å². The van der Waals surface area contributed by atoms with Crippen LogP contribution in [-0.2, 0) is 5.75 Å². The van der Waals surface area contributed by atoms with Crippen LogP contribution in [0.15, 0.2) is 18.2 Å². The zero-order chi connectivity index (χ0) is 12.0. The van der Waals surface area contributed by atoms with E-state index in [0.717, 1.165) is 11.3 Å². The molecule has 2 nitrogen and oxygen atoms in total. The zero-order valence-corrected chi connectivity index (χ0v) is 10.1. The van der Waals surface area contributed by atoms with E-state index >= 15 is 0 Å². The average Bonchev–Trinajstić information content (AvgIpc) is 2.29. The number of hydrogen-bond donors (Lipinski definition) is 1. The normalized spacial score (nSPS) is 12.1. The Morgan fingerprint density at radius 3 is 2.94 bits per heavy atom. The molecule has 1 unspecified atom stereocenters. The Labute approximate surface area is 99.6 Å². The SMILES string of the molecule is CC(CN)CSCc1cc(F)ccc1C#N. The van der Waals surface area contributed by atoms with Gasteiger partial charge in [-0.1, -0.05) is 6.92 Å². The number of benzene rings is 1. The summed E-state index contributed by atoms with van der Waals surface area (Å²) >= 11 is 1.68. The third-order valence-electron chi connectivity index (χ3n) is 2.25. The van der Waals surface area contributed by atoms with Crippen LogP contribution >= 0.6 is 11.8 Å². The van der Waals surface area contributed by atoms with Crippen molar-refractivity contribution >= 4 is 11.8 Å². The molecule has 4 heteroatoms. The maximum atomic E-state index is 13.0. The average molecular weight is 238 g/mol. The van der Waals surface area contributed by atoms with Gasteiger partial charge in [0.05, 0.1) is 11.6 Å².